The van der Waals surface area contributed by atoms with Crippen molar-refractivity contribution in [2.75, 3.05) is 14.2 Å². The average molecular weight is 190 g/mol. The number of hydrogen-bond acceptors (Lipinski definition) is 3. The molecule has 0 radical (unpaired) electrons. The molecule has 3 nitrogen and oxygen atoms in total. The van der Waals surface area contributed by atoms with Gasteiger partial charge in [-0.3, -0.25) is 0 Å². The summed E-state index contributed by atoms with van der Waals surface area (Å²) in [6.07, 6.45) is 5.13. The average Bonchev–Trinajstić information content (AvgIpc) is 2.18. The minimum absolute atomic E-state index is 0.0648. The van der Waals surface area contributed by atoms with Crippen LogP contribution in [0.15, 0.2) is 0 Å². The predicted octanol–water partition coefficient (Wildman–Crippen LogP) is 2.39. The quantitative estimate of drug-likeness (QED) is 0.366. The Hall–Kier alpha value is -0.410. The van der Waals surface area contributed by atoms with E-state index in [4.69, 9.17) is 0 Å². The Bertz CT molecular complexity index is 90.2. The van der Waals surface area contributed by atoms with Crippen LogP contribution < -0.4 is 0 Å². The highest BCUT2D eigenvalue weighted by molar-refractivity contribution is 5.48. The number of rotatable bonds is 6. The van der Waals surface area contributed by atoms with E-state index in [9.17, 15) is 4.79 Å². The summed E-state index contributed by atoms with van der Waals surface area (Å²) >= 11 is 0. The fourth-order valence-corrected chi connectivity index (χ4v) is 0.574. The molecule has 0 heterocycles. The van der Waals surface area contributed by atoms with Crippen LogP contribution in [0.25, 0.3) is 0 Å². The standard InChI is InChI=1S/C6H12O.C4H10O2/c1-2-3-4-5-6-7;1-4(5-2)6-3/h6H,2-5H2,1H3;4H,1-3H3. The van der Waals surface area contributed by atoms with Gasteiger partial charge in [0, 0.05) is 20.6 Å². The van der Waals surface area contributed by atoms with Crippen LogP contribution in [0.4, 0.5) is 0 Å². The van der Waals surface area contributed by atoms with Gasteiger partial charge in [0.1, 0.15) is 6.29 Å². The van der Waals surface area contributed by atoms with Crippen molar-refractivity contribution >= 4 is 6.29 Å². The van der Waals surface area contributed by atoms with Crippen molar-refractivity contribution in [2.24, 2.45) is 0 Å². The maximum Gasteiger partial charge on any atom is 0.154 e. The van der Waals surface area contributed by atoms with Crippen LogP contribution in [0, 0.1) is 0 Å². The molecule has 0 aromatic carbocycles. The van der Waals surface area contributed by atoms with Gasteiger partial charge in [0.2, 0.25) is 0 Å². The zero-order chi connectivity index (χ0) is 10.5. The summed E-state index contributed by atoms with van der Waals surface area (Å²) in [5.41, 5.74) is 0. The van der Waals surface area contributed by atoms with Crippen LogP contribution in [0.2, 0.25) is 0 Å². The zero-order valence-electron chi connectivity index (χ0n) is 9.21. The fraction of sp³-hybridized carbons (Fsp3) is 0.900. The first kappa shape index (κ1) is 15.1. The molecule has 13 heavy (non-hydrogen) atoms. The highest BCUT2D eigenvalue weighted by atomic mass is 16.7. The van der Waals surface area contributed by atoms with E-state index >= 15 is 0 Å². The largest absolute Gasteiger partial charge is 0.356 e. The molecule has 3 heteroatoms. The molecule has 0 fully saturated rings. The van der Waals surface area contributed by atoms with Crippen molar-refractivity contribution in [3.63, 3.8) is 0 Å². The number of carbonyl (C=O) groups is 1. The molecule has 0 bridgehead atoms. The van der Waals surface area contributed by atoms with E-state index in [0.717, 1.165) is 19.1 Å². The Labute approximate surface area is 81.4 Å². The number of unbranched alkanes of at least 4 members (excludes halogenated alkanes) is 3. The van der Waals surface area contributed by atoms with Crippen molar-refractivity contribution in [3.05, 3.63) is 0 Å². The van der Waals surface area contributed by atoms with E-state index in [-0.39, 0.29) is 6.29 Å². The SMILES string of the molecule is CCCCCC=O.COC(C)OC. The maximum absolute atomic E-state index is 9.68. The van der Waals surface area contributed by atoms with Crippen LogP contribution in [-0.2, 0) is 14.3 Å². The first-order valence-corrected chi connectivity index (χ1v) is 4.72. The molecular formula is C10H22O3. The number of ether oxygens (including phenoxy) is 2. The zero-order valence-corrected chi connectivity index (χ0v) is 9.21. The molecule has 0 aromatic rings. The van der Waals surface area contributed by atoms with E-state index in [2.05, 4.69) is 16.4 Å². The summed E-state index contributed by atoms with van der Waals surface area (Å²) in [6.45, 7) is 3.96. The summed E-state index contributed by atoms with van der Waals surface area (Å²) in [5, 5.41) is 0. The first-order valence-electron chi connectivity index (χ1n) is 4.72. The van der Waals surface area contributed by atoms with Gasteiger partial charge in [0.15, 0.2) is 6.29 Å². The highest BCUT2D eigenvalue weighted by Gasteiger charge is 1.87. The Morgan fingerprint density at radius 2 is 1.77 bits per heavy atom. The van der Waals surface area contributed by atoms with E-state index in [1.165, 1.54) is 12.8 Å². The number of carbonyl (C=O) groups excluding carboxylic acids is 1. The van der Waals surface area contributed by atoms with Crippen LogP contribution >= 0.6 is 0 Å². The third-order valence-electron chi connectivity index (χ3n) is 1.59. The van der Waals surface area contributed by atoms with E-state index in [1.54, 1.807) is 14.2 Å². The van der Waals surface area contributed by atoms with Crippen LogP contribution in [0.5, 0.6) is 0 Å². The summed E-state index contributed by atoms with van der Waals surface area (Å²) in [7, 11) is 3.21. The van der Waals surface area contributed by atoms with Crippen molar-refractivity contribution < 1.29 is 14.3 Å². The molecule has 0 aliphatic carbocycles. The minimum Gasteiger partial charge on any atom is -0.356 e. The van der Waals surface area contributed by atoms with E-state index < -0.39 is 0 Å². The van der Waals surface area contributed by atoms with Crippen molar-refractivity contribution in [3.8, 4) is 0 Å². The minimum atomic E-state index is -0.0648. The lowest BCUT2D eigenvalue weighted by molar-refractivity contribution is -0.107. The van der Waals surface area contributed by atoms with Crippen molar-refractivity contribution in [2.45, 2.75) is 45.8 Å². The predicted molar refractivity (Wildman–Crippen MR) is 53.7 cm³/mol. The van der Waals surface area contributed by atoms with Gasteiger partial charge in [-0.25, -0.2) is 0 Å². The summed E-state index contributed by atoms with van der Waals surface area (Å²) in [4.78, 5) is 9.68. The summed E-state index contributed by atoms with van der Waals surface area (Å²) in [6, 6.07) is 0. The topological polar surface area (TPSA) is 35.5 Å². The lowest BCUT2D eigenvalue weighted by Gasteiger charge is -2.03. The van der Waals surface area contributed by atoms with Gasteiger partial charge in [-0.15, -0.1) is 0 Å². The Morgan fingerprint density at radius 1 is 1.23 bits per heavy atom. The third-order valence-corrected chi connectivity index (χ3v) is 1.59. The Morgan fingerprint density at radius 3 is 2.00 bits per heavy atom. The fourth-order valence-electron chi connectivity index (χ4n) is 0.574. The molecule has 0 aliphatic heterocycles. The molecule has 0 atom stereocenters. The van der Waals surface area contributed by atoms with Crippen molar-refractivity contribution in [1.29, 1.82) is 0 Å². The van der Waals surface area contributed by atoms with Gasteiger partial charge in [0.05, 0.1) is 0 Å². The van der Waals surface area contributed by atoms with Gasteiger partial charge in [-0.05, 0) is 13.3 Å². The lowest BCUT2D eigenvalue weighted by Crippen LogP contribution is -2.05. The molecular weight excluding hydrogens is 168 g/mol. The Balaban J connectivity index is 0. The van der Waals surface area contributed by atoms with E-state index in [0.29, 0.717) is 0 Å². The molecule has 0 saturated heterocycles. The normalized spacial score (nSPS) is 9.31. The maximum atomic E-state index is 9.68. The highest BCUT2D eigenvalue weighted by Crippen LogP contribution is 1.94. The molecule has 0 unspecified atom stereocenters. The third kappa shape index (κ3) is 18.5. The van der Waals surface area contributed by atoms with Gasteiger partial charge in [-0.1, -0.05) is 19.8 Å². The van der Waals surface area contributed by atoms with Crippen LogP contribution in [-0.4, -0.2) is 26.8 Å². The van der Waals surface area contributed by atoms with Gasteiger partial charge < -0.3 is 14.3 Å². The number of hydrogen-bond donors (Lipinski definition) is 0. The Kier molecular flexibility index (Phi) is 16.4. The summed E-state index contributed by atoms with van der Waals surface area (Å²) < 4.78 is 9.35. The van der Waals surface area contributed by atoms with Gasteiger partial charge >= 0.3 is 0 Å². The lowest BCUT2D eigenvalue weighted by atomic mass is 10.2. The second-order valence-electron chi connectivity index (χ2n) is 2.70. The second-order valence-corrected chi connectivity index (χ2v) is 2.70. The number of methoxy groups -OCH3 is 2. The molecule has 0 spiro atoms. The first-order chi connectivity index (χ1) is 6.22. The number of aldehydes is 1. The molecule has 80 valence electrons. The molecule has 0 aromatic heterocycles. The molecule has 0 N–H and O–H groups in total. The molecule has 0 rings (SSSR count). The smallest absolute Gasteiger partial charge is 0.154 e. The van der Waals surface area contributed by atoms with E-state index in [1.807, 2.05) is 6.92 Å². The van der Waals surface area contributed by atoms with Crippen LogP contribution in [0.3, 0.4) is 0 Å². The van der Waals surface area contributed by atoms with Crippen LogP contribution in [0.1, 0.15) is 39.5 Å². The monoisotopic (exact) mass is 190 g/mol. The second kappa shape index (κ2) is 14.1. The molecule has 0 amide bonds. The molecule has 0 saturated carbocycles. The molecule has 0 aliphatic rings. The van der Waals surface area contributed by atoms with Gasteiger partial charge in [-0.2, -0.15) is 0 Å². The van der Waals surface area contributed by atoms with Gasteiger partial charge in [0.25, 0.3) is 0 Å². The summed E-state index contributed by atoms with van der Waals surface area (Å²) in [5.74, 6) is 0. The van der Waals surface area contributed by atoms with Crippen molar-refractivity contribution in [1.82, 2.24) is 0 Å².